The molecule has 25 heavy (non-hydrogen) atoms. The maximum Gasteiger partial charge on any atom is 0.261 e. The van der Waals surface area contributed by atoms with Gasteiger partial charge in [-0.15, -0.1) is 11.3 Å². The summed E-state index contributed by atoms with van der Waals surface area (Å²) in [5, 5.41) is 4.63. The molecule has 0 bridgehead atoms. The van der Waals surface area contributed by atoms with Gasteiger partial charge >= 0.3 is 0 Å². The predicted octanol–water partition coefficient (Wildman–Crippen LogP) is 2.86. The number of carbonyl (C=O) groups excluding carboxylic acids is 2. The monoisotopic (exact) mass is 358 g/mol. The molecule has 2 heterocycles. The van der Waals surface area contributed by atoms with Crippen molar-refractivity contribution in [2.75, 3.05) is 13.1 Å². The first-order valence-electron chi connectivity index (χ1n) is 8.38. The van der Waals surface area contributed by atoms with Gasteiger partial charge in [-0.3, -0.25) is 9.59 Å². The lowest BCUT2D eigenvalue weighted by atomic mass is 10.1. The number of carbonyl (C=O) groups is 2. The molecule has 3 rings (SSSR count). The quantitative estimate of drug-likeness (QED) is 0.914. The van der Waals surface area contributed by atoms with Gasteiger partial charge in [0.15, 0.2) is 0 Å². The molecule has 0 saturated carbocycles. The molecule has 132 valence electrons. The Bertz CT molecular complexity index is 718. The van der Waals surface area contributed by atoms with Gasteiger partial charge in [-0.1, -0.05) is 36.4 Å². The summed E-state index contributed by atoms with van der Waals surface area (Å²) in [6, 6.07) is 12.9. The molecule has 0 radical (unpaired) electrons. The van der Waals surface area contributed by atoms with Gasteiger partial charge in [-0.05, 0) is 30.9 Å². The Morgan fingerprint density at radius 3 is 2.64 bits per heavy atom. The van der Waals surface area contributed by atoms with Gasteiger partial charge in [-0.2, -0.15) is 0 Å². The maximum absolute atomic E-state index is 12.8. The van der Waals surface area contributed by atoms with Crippen LogP contribution in [0.3, 0.4) is 0 Å². The van der Waals surface area contributed by atoms with E-state index in [1.807, 2.05) is 48.7 Å². The van der Waals surface area contributed by atoms with Gasteiger partial charge < -0.3 is 15.0 Å². The standard InChI is InChI=1S/C19H22N2O3S/c1-13-11-21(12-16(24-13)15-7-4-3-5-8-15)19(23)14(2)20-18(22)17-9-6-10-25-17/h3-10,13-14,16H,11-12H2,1-2H3,(H,20,22). The van der Waals surface area contributed by atoms with E-state index in [0.29, 0.717) is 18.0 Å². The van der Waals surface area contributed by atoms with Gasteiger partial charge in [0.25, 0.3) is 5.91 Å². The first-order valence-corrected chi connectivity index (χ1v) is 9.26. The van der Waals surface area contributed by atoms with Crippen LogP contribution in [0.1, 0.15) is 35.2 Å². The minimum Gasteiger partial charge on any atom is -0.367 e. The molecular weight excluding hydrogens is 336 g/mol. The van der Waals surface area contributed by atoms with E-state index in [9.17, 15) is 9.59 Å². The number of amides is 2. The zero-order valence-corrected chi connectivity index (χ0v) is 15.2. The molecule has 0 aliphatic carbocycles. The molecule has 1 aliphatic rings. The lowest BCUT2D eigenvalue weighted by Gasteiger charge is -2.38. The van der Waals surface area contributed by atoms with E-state index >= 15 is 0 Å². The highest BCUT2D eigenvalue weighted by atomic mass is 32.1. The fraction of sp³-hybridized carbons (Fsp3) is 0.368. The number of rotatable bonds is 4. The summed E-state index contributed by atoms with van der Waals surface area (Å²) in [5.74, 6) is -0.294. The van der Waals surface area contributed by atoms with Crippen molar-refractivity contribution in [1.82, 2.24) is 10.2 Å². The number of nitrogens with one attached hydrogen (secondary N) is 1. The molecule has 1 aromatic heterocycles. The second-order valence-electron chi connectivity index (χ2n) is 6.26. The van der Waals surface area contributed by atoms with E-state index in [0.717, 1.165) is 5.56 Å². The van der Waals surface area contributed by atoms with Crippen molar-refractivity contribution in [2.45, 2.75) is 32.1 Å². The van der Waals surface area contributed by atoms with Gasteiger partial charge in [0, 0.05) is 6.54 Å². The van der Waals surface area contributed by atoms with E-state index in [-0.39, 0.29) is 24.0 Å². The van der Waals surface area contributed by atoms with Crippen molar-refractivity contribution in [1.29, 1.82) is 0 Å². The normalized spacial score (nSPS) is 21.6. The average Bonchev–Trinajstić information content (AvgIpc) is 3.16. The Hall–Kier alpha value is -2.18. The van der Waals surface area contributed by atoms with Crippen LogP contribution in [0.15, 0.2) is 47.8 Å². The molecule has 2 amide bonds. The van der Waals surface area contributed by atoms with Gasteiger partial charge in [0.2, 0.25) is 5.91 Å². The molecule has 1 aliphatic heterocycles. The topological polar surface area (TPSA) is 58.6 Å². The summed E-state index contributed by atoms with van der Waals surface area (Å²) in [4.78, 5) is 27.3. The Morgan fingerprint density at radius 2 is 1.96 bits per heavy atom. The van der Waals surface area contributed by atoms with E-state index in [1.54, 1.807) is 17.9 Å². The minimum atomic E-state index is -0.573. The molecule has 6 heteroatoms. The Labute approximate surface area is 151 Å². The van der Waals surface area contributed by atoms with E-state index < -0.39 is 6.04 Å². The predicted molar refractivity (Wildman–Crippen MR) is 97.6 cm³/mol. The van der Waals surface area contributed by atoms with Crippen molar-refractivity contribution in [3.63, 3.8) is 0 Å². The molecule has 5 nitrogen and oxygen atoms in total. The van der Waals surface area contributed by atoms with Gasteiger partial charge in [0.05, 0.1) is 17.5 Å². The summed E-state index contributed by atoms with van der Waals surface area (Å²) in [6.45, 7) is 4.71. The van der Waals surface area contributed by atoms with Crippen LogP contribution in [0.25, 0.3) is 0 Å². The number of hydrogen-bond donors (Lipinski definition) is 1. The maximum atomic E-state index is 12.8. The summed E-state index contributed by atoms with van der Waals surface area (Å²) < 4.78 is 5.99. The van der Waals surface area contributed by atoms with Crippen molar-refractivity contribution in [3.05, 3.63) is 58.3 Å². The second kappa shape index (κ2) is 7.80. The van der Waals surface area contributed by atoms with Crippen LogP contribution in [-0.2, 0) is 9.53 Å². The highest BCUT2D eigenvalue weighted by Crippen LogP contribution is 2.25. The lowest BCUT2D eigenvalue weighted by Crippen LogP contribution is -2.52. The Kier molecular flexibility index (Phi) is 5.50. The first-order chi connectivity index (χ1) is 12.0. The minimum absolute atomic E-state index is 0.0527. The number of morpholine rings is 1. The highest BCUT2D eigenvalue weighted by molar-refractivity contribution is 7.12. The summed E-state index contributed by atoms with van der Waals surface area (Å²) >= 11 is 1.36. The van der Waals surface area contributed by atoms with Crippen LogP contribution < -0.4 is 5.32 Å². The smallest absolute Gasteiger partial charge is 0.261 e. The first kappa shape index (κ1) is 17.6. The molecule has 1 N–H and O–H groups in total. The summed E-state index contributed by atoms with van der Waals surface area (Å²) in [7, 11) is 0. The van der Waals surface area contributed by atoms with Crippen LogP contribution in [0.2, 0.25) is 0 Å². The third-order valence-corrected chi connectivity index (χ3v) is 5.07. The summed E-state index contributed by atoms with van der Waals surface area (Å²) in [5.41, 5.74) is 1.06. The molecule has 1 saturated heterocycles. The molecule has 3 atom stereocenters. The highest BCUT2D eigenvalue weighted by Gasteiger charge is 2.32. The summed E-state index contributed by atoms with van der Waals surface area (Å²) in [6.07, 6.45) is -0.197. The van der Waals surface area contributed by atoms with Crippen molar-refractivity contribution in [3.8, 4) is 0 Å². The zero-order valence-electron chi connectivity index (χ0n) is 14.3. The number of hydrogen-bond acceptors (Lipinski definition) is 4. The Balaban J connectivity index is 1.65. The van der Waals surface area contributed by atoms with Crippen LogP contribution in [0.4, 0.5) is 0 Å². The fourth-order valence-electron chi connectivity index (χ4n) is 2.99. The number of benzene rings is 1. The largest absolute Gasteiger partial charge is 0.367 e. The van der Waals surface area contributed by atoms with Crippen molar-refractivity contribution in [2.24, 2.45) is 0 Å². The molecule has 1 aromatic carbocycles. The van der Waals surface area contributed by atoms with Crippen LogP contribution in [0, 0.1) is 0 Å². The van der Waals surface area contributed by atoms with Gasteiger partial charge in [0.1, 0.15) is 12.1 Å². The fourth-order valence-corrected chi connectivity index (χ4v) is 3.62. The SMILES string of the molecule is CC1CN(C(=O)C(C)NC(=O)c2cccs2)CC(c2ccccc2)O1. The molecule has 1 fully saturated rings. The average molecular weight is 358 g/mol. The van der Waals surface area contributed by atoms with Crippen LogP contribution in [-0.4, -0.2) is 41.9 Å². The van der Waals surface area contributed by atoms with E-state index in [2.05, 4.69) is 5.32 Å². The van der Waals surface area contributed by atoms with E-state index in [4.69, 9.17) is 4.74 Å². The number of thiophene rings is 1. The molecular formula is C19H22N2O3S. The second-order valence-corrected chi connectivity index (χ2v) is 7.21. The third-order valence-electron chi connectivity index (χ3n) is 4.21. The molecule has 2 aromatic rings. The zero-order chi connectivity index (χ0) is 17.8. The third kappa shape index (κ3) is 4.27. The van der Waals surface area contributed by atoms with Crippen molar-refractivity contribution >= 4 is 23.2 Å². The van der Waals surface area contributed by atoms with Crippen LogP contribution in [0.5, 0.6) is 0 Å². The lowest BCUT2D eigenvalue weighted by molar-refractivity contribution is -0.146. The number of nitrogens with zero attached hydrogens (tertiary/aromatic N) is 1. The molecule has 3 unspecified atom stereocenters. The van der Waals surface area contributed by atoms with Crippen molar-refractivity contribution < 1.29 is 14.3 Å². The van der Waals surface area contributed by atoms with E-state index in [1.165, 1.54) is 11.3 Å². The Morgan fingerprint density at radius 1 is 1.20 bits per heavy atom. The van der Waals surface area contributed by atoms with Gasteiger partial charge in [-0.25, -0.2) is 0 Å². The molecule has 0 spiro atoms. The number of ether oxygens (including phenoxy) is 1. The van der Waals surface area contributed by atoms with Crippen LogP contribution >= 0.6 is 11.3 Å².